The van der Waals surface area contributed by atoms with Crippen molar-refractivity contribution in [1.82, 2.24) is 19.8 Å². The van der Waals surface area contributed by atoms with Crippen LogP contribution in [0, 0.1) is 0 Å². The van der Waals surface area contributed by atoms with Crippen LogP contribution in [0.5, 0.6) is 0 Å². The van der Waals surface area contributed by atoms with Gasteiger partial charge in [-0.25, -0.2) is 8.42 Å². The molecule has 0 atom stereocenters. The first-order valence-corrected chi connectivity index (χ1v) is 11.1. The number of halogens is 1. The van der Waals surface area contributed by atoms with Gasteiger partial charge in [0.25, 0.3) is 0 Å². The van der Waals surface area contributed by atoms with E-state index in [9.17, 15) is 8.42 Å². The Morgan fingerprint density at radius 1 is 1.11 bits per heavy atom. The predicted octanol–water partition coefficient (Wildman–Crippen LogP) is 2.10. The summed E-state index contributed by atoms with van der Waals surface area (Å²) >= 11 is 0. The molecule has 1 aliphatic rings. The molecule has 1 aliphatic heterocycles. The van der Waals surface area contributed by atoms with E-state index in [1.54, 1.807) is 23.5 Å². The molecule has 7 nitrogen and oxygen atoms in total. The van der Waals surface area contributed by atoms with Gasteiger partial charge in [0.1, 0.15) is 0 Å². The Kier molecular flexibility index (Phi) is 11.3. The molecule has 1 fully saturated rings. The van der Waals surface area contributed by atoms with Crippen LogP contribution in [0.3, 0.4) is 0 Å². The van der Waals surface area contributed by atoms with Gasteiger partial charge in [-0.2, -0.15) is 4.31 Å². The molecule has 1 aromatic rings. The molecular weight excluding hydrogens is 489 g/mol. The lowest BCUT2D eigenvalue weighted by Crippen LogP contribution is -2.47. The van der Waals surface area contributed by atoms with Gasteiger partial charge in [-0.1, -0.05) is 38.0 Å². The first kappa shape index (κ1) is 25.1. The fraction of sp³-hybridized carbons (Fsp3) is 0.632. The molecule has 0 aromatic heterocycles. The van der Waals surface area contributed by atoms with E-state index in [0.717, 1.165) is 31.6 Å². The third-order valence-corrected chi connectivity index (χ3v) is 6.79. The van der Waals surface area contributed by atoms with Gasteiger partial charge in [-0.05, 0) is 25.1 Å². The summed E-state index contributed by atoms with van der Waals surface area (Å²) in [6, 6.07) is 7.21. The summed E-state index contributed by atoms with van der Waals surface area (Å²) in [5, 5.41) is 6.51. The number of benzene rings is 1. The van der Waals surface area contributed by atoms with Crippen LogP contribution in [0.1, 0.15) is 31.7 Å². The molecule has 9 heteroatoms. The highest BCUT2D eigenvalue weighted by Crippen LogP contribution is 2.21. The van der Waals surface area contributed by atoms with Gasteiger partial charge in [-0.15, -0.1) is 24.0 Å². The number of rotatable bonds is 8. The molecule has 0 radical (unpaired) electrons. The summed E-state index contributed by atoms with van der Waals surface area (Å²) in [5.41, 5.74) is 0.757. The lowest BCUT2D eigenvalue weighted by atomic mass is 10.2. The first-order chi connectivity index (χ1) is 13.0. The second kappa shape index (κ2) is 12.6. The van der Waals surface area contributed by atoms with E-state index >= 15 is 0 Å². The van der Waals surface area contributed by atoms with E-state index in [2.05, 4.69) is 27.4 Å². The molecule has 1 saturated heterocycles. The van der Waals surface area contributed by atoms with Gasteiger partial charge in [-0.3, -0.25) is 4.99 Å². The Balaban J connectivity index is 0.00000392. The standard InChI is InChI=1S/C19H33N5O2S.HI/c1-4-5-8-11-21-19(20-2)22-16-17-9-6-7-10-18(17)27(25,26)24-14-12-23(3)13-15-24;/h6-7,9-10H,4-5,8,11-16H2,1-3H3,(H2,20,21,22);1H. The summed E-state index contributed by atoms with van der Waals surface area (Å²) in [4.78, 5) is 6.74. The zero-order valence-corrected chi connectivity index (χ0v) is 20.3. The number of piperazine rings is 1. The van der Waals surface area contributed by atoms with Crippen LogP contribution in [0.25, 0.3) is 0 Å². The minimum absolute atomic E-state index is 0. The largest absolute Gasteiger partial charge is 0.356 e. The van der Waals surface area contributed by atoms with Crippen molar-refractivity contribution in [3.63, 3.8) is 0 Å². The second-order valence-electron chi connectivity index (χ2n) is 6.87. The van der Waals surface area contributed by atoms with Crippen LogP contribution in [0.2, 0.25) is 0 Å². The number of nitrogens with zero attached hydrogens (tertiary/aromatic N) is 3. The highest BCUT2D eigenvalue weighted by Gasteiger charge is 2.29. The lowest BCUT2D eigenvalue weighted by molar-refractivity contribution is 0.222. The number of hydrogen-bond acceptors (Lipinski definition) is 4. The van der Waals surface area contributed by atoms with Gasteiger partial charge in [0.2, 0.25) is 10.0 Å². The number of guanidine groups is 1. The van der Waals surface area contributed by atoms with E-state index in [1.165, 1.54) is 12.8 Å². The van der Waals surface area contributed by atoms with Crippen molar-refractivity contribution in [2.75, 3.05) is 46.8 Å². The quantitative estimate of drug-likeness (QED) is 0.236. The SMILES string of the molecule is CCCCCNC(=NC)NCc1ccccc1S(=O)(=O)N1CCN(C)CC1.I. The van der Waals surface area contributed by atoms with Gasteiger partial charge < -0.3 is 15.5 Å². The van der Waals surface area contributed by atoms with Crippen molar-refractivity contribution in [3.05, 3.63) is 29.8 Å². The Morgan fingerprint density at radius 3 is 2.43 bits per heavy atom. The minimum atomic E-state index is -3.49. The van der Waals surface area contributed by atoms with E-state index in [1.807, 2.05) is 19.2 Å². The molecule has 1 aromatic carbocycles. The Bertz CT molecular complexity index is 719. The number of nitrogens with one attached hydrogen (secondary N) is 2. The normalized spacial score (nSPS) is 16.5. The molecule has 0 saturated carbocycles. The third-order valence-electron chi connectivity index (χ3n) is 4.80. The van der Waals surface area contributed by atoms with Gasteiger partial charge in [0, 0.05) is 46.3 Å². The maximum absolute atomic E-state index is 13.1. The molecule has 28 heavy (non-hydrogen) atoms. The molecule has 0 aliphatic carbocycles. The maximum Gasteiger partial charge on any atom is 0.243 e. The van der Waals surface area contributed by atoms with E-state index in [4.69, 9.17) is 0 Å². The second-order valence-corrected chi connectivity index (χ2v) is 8.78. The number of unbranched alkanes of at least 4 members (excludes halogenated alkanes) is 2. The van der Waals surface area contributed by atoms with Crippen molar-refractivity contribution in [2.24, 2.45) is 4.99 Å². The van der Waals surface area contributed by atoms with Crippen molar-refractivity contribution >= 4 is 40.0 Å². The fourth-order valence-electron chi connectivity index (χ4n) is 3.05. The lowest BCUT2D eigenvalue weighted by Gasteiger charge is -2.32. The van der Waals surface area contributed by atoms with Crippen LogP contribution in [-0.4, -0.2) is 70.4 Å². The van der Waals surface area contributed by atoms with Crippen molar-refractivity contribution in [1.29, 1.82) is 0 Å². The summed E-state index contributed by atoms with van der Waals surface area (Å²) in [5.74, 6) is 0.693. The summed E-state index contributed by atoms with van der Waals surface area (Å²) in [7, 11) is 0.250. The molecule has 0 unspecified atom stereocenters. The zero-order valence-electron chi connectivity index (χ0n) is 17.1. The Hall–Kier alpha value is -0.910. The molecule has 0 spiro atoms. The van der Waals surface area contributed by atoms with E-state index in [0.29, 0.717) is 30.5 Å². The van der Waals surface area contributed by atoms with Crippen LogP contribution in [-0.2, 0) is 16.6 Å². The number of likely N-dealkylation sites (N-methyl/N-ethyl adjacent to an activating group) is 1. The summed E-state index contributed by atoms with van der Waals surface area (Å²) in [6.07, 6.45) is 3.44. The summed E-state index contributed by atoms with van der Waals surface area (Å²) < 4.78 is 27.8. The van der Waals surface area contributed by atoms with Crippen molar-refractivity contribution in [2.45, 2.75) is 37.6 Å². The molecule has 0 amide bonds. The molecular formula is C19H34IN5O2S. The first-order valence-electron chi connectivity index (χ1n) is 9.70. The Labute approximate surface area is 187 Å². The van der Waals surface area contributed by atoms with Crippen molar-refractivity contribution in [3.8, 4) is 0 Å². The molecule has 160 valence electrons. The van der Waals surface area contributed by atoms with Gasteiger partial charge >= 0.3 is 0 Å². The molecule has 2 N–H and O–H groups in total. The minimum Gasteiger partial charge on any atom is -0.356 e. The topological polar surface area (TPSA) is 77.0 Å². The maximum atomic E-state index is 13.1. The summed E-state index contributed by atoms with van der Waals surface area (Å²) in [6.45, 7) is 6.01. The molecule has 2 rings (SSSR count). The Morgan fingerprint density at radius 2 is 1.79 bits per heavy atom. The van der Waals surface area contributed by atoms with Crippen LogP contribution in [0.4, 0.5) is 0 Å². The van der Waals surface area contributed by atoms with Crippen LogP contribution < -0.4 is 10.6 Å². The highest BCUT2D eigenvalue weighted by molar-refractivity contribution is 14.0. The van der Waals surface area contributed by atoms with Crippen molar-refractivity contribution < 1.29 is 8.42 Å². The highest BCUT2D eigenvalue weighted by atomic mass is 127. The predicted molar refractivity (Wildman–Crippen MR) is 126 cm³/mol. The van der Waals surface area contributed by atoms with Crippen LogP contribution >= 0.6 is 24.0 Å². The van der Waals surface area contributed by atoms with Crippen LogP contribution in [0.15, 0.2) is 34.2 Å². The molecule has 1 heterocycles. The monoisotopic (exact) mass is 523 g/mol. The van der Waals surface area contributed by atoms with E-state index < -0.39 is 10.0 Å². The van der Waals surface area contributed by atoms with E-state index in [-0.39, 0.29) is 24.0 Å². The number of sulfonamides is 1. The zero-order chi connectivity index (χ0) is 19.7. The number of aliphatic imine (C=N–C) groups is 1. The van der Waals surface area contributed by atoms with Gasteiger partial charge in [0.15, 0.2) is 5.96 Å². The average Bonchev–Trinajstić information content (AvgIpc) is 2.68. The third kappa shape index (κ3) is 7.16. The number of hydrogen-bond donors (Lipinski definition) is 2. The molecule has 0 bridgehead atoms. The average molecular weight is 523 g/mol. The van der Waals surface area contributed by atoms with Gasteiger partial charge in [0.05, 0.1) is 4.90 Å². The fourth-order valence-corrected chi connectivity index (χ4v) is 4.69. The smallest absolute Gasteiger partial charge is 0.243 e.